The molecule has 1 aliphatic heterocycles. The van der Waals surface area contributed by atoms with Crippen LogP contribution in [-0.4, -0.2) is 16.5 Å². The van der Waals surface area contributed by atoms with E-state index in [1.807, 2.05) is 23.1 Å². The van der Waals surface area contributed by atoms with Crippen molar-refractivity contribution in [3.05, 3.63) is 50.6 Å². The number of hydrogen-bond acceptors (Lipinski definition) is 6. The summed E-state index contributed by atoms with van der Waals surface area (Å²) in [6, 6.07) is 9.47. The lowest BCUT2D eigenvalue weighted by Crippen LogP contribution is -2.32. The van der Waals surface area contributed by atoms with E-state index in [0.717, 1.165) is 16.9 Å². The number of anilines is 2. The molecule has 114 valence electrons. The molecule has 0 saturated carbocycles. The number of aromatic nitrogens is 2. The lowest BCUT2D eigenvalue weighted by Gasteiger charge is -2.27. The number of nitrogens with zero attached hydrogens (tertiary/aromatic N) is 3. The predicted octanol–water partition coefficient (Wildman–Crippen LogP) is 2.00. The Hall–Kier alpha value is -2.85. The van der Waals surface area contributed by atoms with Crippen molar-refractivity contribution < 1.29 is 0 Å². The first-order valence-electron chi connectivity index (χ1n) is 7.21. The van der Waals surface area contributed by atoms with Gasteiger partial charge in [0, 0.05) is 11.4 Å². The van der Waals surface area contributed by atoms with Gasteiger partial charge in [-0.1, -0.05) is 12.1 Å². The largest absolute Gasteiger partial charge is 0.389 e. The van der Waals surface area contributed by atoms with Crippen LogP contribution in [0.25, 0.3) is 10.9 Å². The number of nitrogens with one attached hydrogen (secondary N) is 1. The standard InChI is InChI=1S/C16H13N5OS/c17-7-11-9-5-6-21(8-13(9)23-14(11)18)16-19-12-4-2-1-3-10(12)15(22)20-16/h1-4H,5-6,8,18H2,(H,19,20,22). The monoisotopic (exact) mass is 323 g/mol. The van der Waals surface area contributed by atoms with Gasteiger partial charge in [-0.25, -0.2) is 4.98 Å². The Morgan fingerprint density at radius 3 is 3.04 bits per heavy atom. The molecule has 0 unspecified atom stereocenters. The van der Waals surface area contributed by atoms with E-state index in [0.29, 0.717) is 40.5 Å². The summed E-state index contributed by atoms with van der Waals surface area (Å²) in [6.45, 7) is 1.30. The number of hydrogen-bond donors (Lipinski definition) is 2. The molecule has 3 heterocycles. The summed E-state index contributed by atoms with van der Waals surface area (Å²) in [5, 5.41) is 10.4. The maximum atomic E-state index is 12.2. The fraction of sp³-hybridized carbons (Fsp3) is 0.188. The molecule has 2 aromatic heterocycles. The number of rotatable bonds is 1. The van der Waals surface area contributed by atoms with Crippen molar-refractivity contribution in [3.8, 4) is 6.07 Å². The van der Waals surface area contributed by atoms with Gasteiger partial charge in [0.05, 0.1) is 23.0 Å². The molecule has 0 saturated heterocycles. The van der Waals surface area contributed by atoms with Crippen molar-refractivity contribution in [1.29, 1.82) is 5.26 Å². The molecule has 23 heavy (non-hydrogen) atoms. The van der Waals surface area contributed by atoms with Crippen molar-refractivity contribution in [3.63, 3.8) is 0 Å². The van der Waals surface area contributed by atoms with Gasteiger partial charge in [-0.05, 0) is 24.1 Å². The number of nitrogens with two attached hydrogens (primary N) is 1. The molecule has 0 atom stereocenters. The minimum atomic E-state index is -0.139. The molecule has 0 fully saturated rings. The fourth-order valence-corrected chi connectivity index (χ4v) is 4.04. The van der Waals surface area contributed by atoms with E-state index in [1.54, 1.807) is 6.07 Å². The molecule has 0 amide bonds. The number of nitriles is 1. The Labute approximate surface area is 135 Å². The molecule has 3 N–H and O–H groups in total. The number of H-pyrrole nitrogens is 1. The van der Waals surface area contributed by atoms with Crippen LogP contribution in [0.2, 0.25) is 0 Å². The SMILES string of the molecule is N#Cc1c(N)sc2c1CCN(c1nc3ccccc3c(=O)[nH]1)C2. The predicted molar refractivity (Wildman–Crippen MR) is 90.6 cm³/mol. The number of para-hydroxylation sites is 1. The molecule has 4 rings (SSSR count). The summed E-state index contributed by atoms with van der Waals surface area (Å²) in [5.74, 6) is 0.560. The molecule has 6 nitrogen and oxygen atoms in total. The van der Waals surface area contributed by atoms with Gasteiger partial charge in [-0.15, -0.1) is 11.3 Å². The summed E-state index contributed by atoms with van der Waals surface area (Å²) < 4.78 is 0. The Balaban J connectivity index is 1.75. The first-order chi connectivity index (χ1) is 11.2. The van der Waals surface area contributed by atoms with Gasteiger partial charge in [0.25, 0.3) is 5.56 Å². The van der Waals surface area contributed by atoms with E-state index in [2.05, 4.69) is 16.0 Å². The van der Waals surface area contributed by atoms with Crippen LogP contribution in [0.3, 0.4) is 0 Å². The van der Waals surface area contributed by atoms with E-state index < -0.39 is 0 Å². The number of thiophene rings is 1. The van der Waals surface area contributed by atoms with Crippen LogP contribution >= 0.6 is 11.3 Å². The molecule has 0 aliphatic carbocycles. The third kappa shape index (κ3) is 2.15. The number of aromatic amines is 1. The molecule has 3 aromatic rings. The maximum absolute atomic E-state index is 12.2. The molecule has 0 bridgehead atoms. The molecule has 0 spiro atoms. The van der Waals surface area contributed by atoms with Crippen molar-refractivity contribution >= 4 is 33.2 Å². The fourth-order valence-electron chi connectivity index (χ4n) is 2.95. The summed E-state index contributed by atoms with van der Waals surface area (Å²) in [7, 11) is 0. The number of benzene rings is 1. The Morgan fingerprint density at radius 2 is 2.22 bits per heavy atom. The van der Waals surface area contributed by atoms with E-state index in [1.165, 1.54) is 11.3 Å². The Kier molecular flexibility index (Phi) is 3.06. The van der Waals surface area contributed by atoms with Crippen LogP contribution in [0.1, 0.15) is 16.0 Å². The summed E-state index contributed by atoms with van der Waals surface area (Å²) in [4.78, 5) is 22.7. The zero-order valence-corrected chi connectivity index (χ0v) is 13.0. The number of nitrogen functional groups attached to an aromatic ring is 1. The third-order valence-electron chi connectivity index (χ3n) is 4.10. The quantitative estimate of drug-likeness (QED) is 0.713. The highest BCUT2D eigenvalue weighted by Crippen LogP contribution is 2.35. The first-order valence-corrected chi connectivity index (χ1v) is 8.03. The zero-order valence-electron chi connectivity index (χ0n) is 12.2. The summed E-state index contributed by atoms with van der Waals surface area (Å²) in [5.41, 5.74) is 8.10. The second-order valence-corrected chi connectivity index (χ2v) is 6.57. The molecule has 1 aromatic carbocycles. The Morgan fingerprint density at radius 1 is 1.39 bits per heavy atom. The minimum Gasteiger partial charge on any atom is -0.389 e. The van der Waals surface area contributed by atoms with Crippen LogP contribution in [0, 0.1) is 11.3 Å². The van der Waals surface area contributed by atoms with Crippen LogP contribution in [0.5, 0.6) is 0 Å². The van der Waals surface area contributed by atoms with E-state index in [4.69, 9.17) is 5.73 Å². The van der Waals surface area contributed by atoms with Crippen molar-refractivity contribution in [2.24, 2.45) is 0 Å². The zero-order chi connectivity index (χ0) is 16.0. The van der Waals surface area contributed by atoms with Gasteiger partial charge >= 0.3 is 0 Å². The van der Waals surface area contributed by atoms with Gasteiger partial charge in [-0.2, -0.15) is 5.26 Å². The van der Waals surface area contributed by atoms with E-state index in [-0.39, 0.29) is 5.56 Å². The third-order valence-corrected chi connectivity index (χ3v) is 5.14. The van der Waals surface area contributed by atoms with Crippen molar-refractivity contribution in [1.82, 2.24) is 9.97 Å². The molecule has 0 radical (unpaired) electrons. The molecule has 1 aliphatic rings. The van der Waals surface area contributed by atoms with Gasteiger partial charge in [0.2, 0.25) is 5.95 Å². The van der Waals surface area contributed by atoms with Gasteiger partial charge < -0.3 is 10.6 Å². The topological polar surface area (TPSA) is 98.8 Å². The van der Waals surface area contributed by atoms with Crippen molar-refractivity contribution in [2.75, 3.05) is 17.2 Å². The van der Waals surface area contributed by atoms with Gasteiger partial charge in [-0.3, -0.25) is 9.78 Å². The van der Waals surface area contributed by atoms with Crippen molar-refractivity contribution in [2.45, 2.75) is 13.0 Å². The first kappa shape index (κ1) is 13.8. The van der Waals surface area contributed by atoms with E-state index in [9.17, 15) is 10.1 Å². The second kappa shape index (κ2) is 5.11. The normalized spacial score (nSPS) is 13.8. The molecular weight excluding hydrogens is 310 g/mol. The smallest absolute Gasteiger partial charge is 0.260 e. The van der Waals surface area contributed by atoms with Crippen LogP contribution in [0.4, 0.5) is 10.9 Å². The maximum Gasteiger partial charge on any atom is 0.260 e. The lowest BCUT2D eigenvalue weighted by molar-refractivity contribution is 0.719. The van der Waals surface area contributed by atoms with Gasteiger partial charge in [0.15, 0.2) is 0 Å². The molecule has 7 heteroatoms. The minimum absolute atomic E-state index is 0.139. The highest BCUT2D eigenvalue weighted by molar-refractivity contribution is 7.16. The molecular formula is C16H13N5OS. The summed E-state index contributed by atoms with van der Waals surface area (Å²) >= 11 is 1.44. The highest BCUT2D eigenvalue weighted by Gasteiger charge is 2.25. The van der Waals surface area contributed by atoms with Crippen LogP contribution in [-0.2, 0) is 13.0 Å². The average Bonchev–Trinajstić information content (AvgIpc) is 2.88. The summed E-state index contributed by atoms with van der Waals surface area (Å²) in [6.07, 6.45) is 0.725. The van der Waals surface area contributed by atoms with Crippen LogP contribution < -0.4 is 16.2 Å². The van der Waals surface area contributed by atoms with E-state index >= 15 is 0 Å². The Bertz CT molecular complexity index is 1010. The van der Waals surface area contributed by atoms with Gasteiger partial charge in [0.1, 0.15) is 11.1 Å². The highest BCUT2D eigenvalue weighted by atomic mass is 32.1. The van der Waals surface area contributed by atoms with Crippen LogP contribution in [0.15, 0.2) is 29.1 Å². The number of fused-ring (bicyclic) bond motifs is 2. The average molecular weight is 323 g/mol. The lowest BCUT2D eigenvalue weighted by atomic mass is 10.0. The second-order valence-electron chi connectivity index (χ2n) is 5.43.